The molecular formula is C13H18O4S. The van der Waals surface area contributed by atoms with Gasteiger partial charge in [-0.1, -0.05) is 12.1 Å². The number of hydrogen-bond donors (Lipinski definition) is 1. The Kier molecular flexibility index (Phi) is 7.29. The summed E-state index contributed by atoms with van der Waals surface area (Å²) in [5.41, 5.74) is 0.213. The quantitative estimate of drug-likeness (QED) is 0.699. The minimum Gasteiger partial charge on any atom is -0.493 e. The van der Waals surface area contributed by atoms with Crippen LogP contribution in [0.15, 0.2) is 24.3 Å². The van der Waals surface area contributed by atoms with E-state index < -0.39 is 5.97 Å². The van der Waals surface area contributed by atoms with Crippen LogP contribution in [0, 0.1) is 0 Å². The summed E-state index contributed by atoms with van der Waals surface area (Å²) in [6.07, 6.45) is 0.891. The standard InChI is InChI=1S/C13H18O4S/c1-16-8-10-18-9-4-7-17-12-6-3-2-5-11(12)13(14)15/h2-3,5-6H,4,7-10H2,1H3,(H,14,15). The van der Waals surface area contributed by atoms with Crippen LogP contribution in [0.4, 0.5) is 0 Å². The van der Waals surface area contributed by atoms with Gasteiger partial charge in [0.15, 0.2) is 0 Å². The minimum atomic E-state index is -0.958. The maximum absolute atomic E-state index is 10.9. The van der Waals surface area contributed by atoms with Crippen LogP contribution in [-0.2, 0) is 4.74 Å². The Labute approximate surface area is 111 Å². The van der Waals surface area contributed by atoms with Crippen molar-refractivity contribution in [3.63, 3.8) is 0 Å². The first kappa shape index (κ1) is 14.9. The van der Waals surface area contributed by atoms with Gasteiger partial charge in [0.2, 0.25) is 0 Å². The van der Waals surface area contributed by atoms with Crippen LogP contribution >= 0.6 is 11.8 Å². The summed E-state index contributed by atoms with van der Waals surface area (Å²) in [7, 11) is 1.69. The van der Waals surface area contributed by atoms with E-state index in [1.54, 1.807) is 43.1 Å². The second-order valence-electron chi connectivity index (χ2n) is 3.61. The topological polar surface area (TPSA) is 55.8 Å². The fraction of sp³-hybridized carbons (Fsp3) is 0.462. The maximum atomic E-state index is 10.9. The molecule has 4 nitrogen and oxygen atoms in total. The van der Waals surface area contributed by atoms with Crippen LogP contribution in [0.5, 0.6) is 5.75 Å². The first-order valence-electron chi connectivity index (χ1n) is 5.77. The molecule has 0 radical (unpaired) electrons. The van der Waals surface area contributed by atoms with E-state index in [1.165, 1.54) is 0 Å². The summed E-state index contributed by atoms with van der Waals surface area (Å²) in [4.78, 5) is 10.9. The molecular weight excluding hydrogens is 252 g/mol. The number of aromatic carboxylic acids is 1. The predicted octanol–water partition coefficient (Wildman–Crippen LogP) is 2.53. The van der Waals surface area contributed by atoms with E-state index in [0.717, 1.165) is 24.5 Å². The van der Waals surface area contributed by atoms with Crippen LogP contribution in [0.3, 0.4) is 0 Å². The van der Waals surface area contributed by atoms with Gasteiger partial charge in [-0.3, -0.25) is 0 Å². The Morgan fingerprint density at radius 3 is 2.78 bits per heavy atom. The largest absolute Gasteiger partial charge is 0.493 e. The molecule has 1 N–H and O–H groups in total. The van der Waals surface area contributed by atoms with Crippen LogP contribution in [-0.4, -0.2) is 42.9 Å². The normalized spacial score (nSPS) is 10.3. The monoisotopic (exact) mass is 270 g/mol. The van der Waals surface area contributed by atoms with Crippen molar-refractivity contribution in [1.29, 1.82) is 0 Å². The molecule has 0 aliphatic carbocycles. The second kappa shape index (κ2) is 8.83. The maximum Gasteiger partial charge on any atom is 0.339 e. The van der Waals surface area contributed by atoms with Gasteiger partial charge >= 0.3 is 5.97 Å². The molecule has 0 spiro atoms. The van der Waals surface area contributed by atoms with Crippen LogP contribution < -0.4 is 4.74 Å². The van der Waals surface area contributed by atoms with Crippen LogP contribution in [0.2, 0.25) is 0 Å². The highest BCUT2D eigenvalue weighted by Crippen LogP contribution is 2.18. The van der Waals surface area contributed by atoms with Gasteiger partial charge in [0, 0.05) is 12.9 Å². The van der Waals surface area contributed by atoms with Gasteiger partial charge in [0.05, 0.1) is 13.2 Å². The number of rotatable bonds is 9. The van der Waals surface area contributed by atoms with Crippen molar-refractivity contribution in [3.05, 3.63) is 29.8 Å². The number of carboxylic acids is 1. The summed E-state index contributed by atoms with van der Waals surface area (Å²) >= 11 is 1.80. The van der Waals surface area contributed by atoms with Crippen LogP contribution in [0.1, 0.15) is 16.8 Å². The third-order valence-corrected chi connectivity index (χ3v) is 3.27. The smallest absolute Gasteiger partial charge is 0.339 e. The highest BCUT2D eigenvalue weighted by molar-refractivity contribution is 7.99. The van der Waals surface area contributed by atoms with E-state index in [9.17, 15) is 4.79 Å². The third kappa shape index (κ3) is 5.42. The number of carboxylic acid groups (broad SMARTS) is 1. The minimum absolute atomic E-state index is 0.213. The lowest BCUT2D eigenvalue weighted by Crippen LogP contribution is -2.05. The van der Waals surface area contributed by atoms with E-state index in [4.69, 9.17) is 14.6 Å². The van der Waals surface area contributed by atoms with Gasteiger partial charge in [-0.15, -0.1) is 0 Å². The van der Waals surface area contributed by atoms with E-state index in [-0.39, 0.29) is 5.56 Å². The molecule has 0 atom stereocenters. The van der Waals surface area contributed by atoms with Gasteiger partial charge in [-0.25, -0.2) is 4.79 Å². The molecule has 0 unspecified atom stereocenters. The van der Waals surface area contributed by atoms with Crippen molar-refractivity contribution in [2.45, 2.75) is 6.42 Å². The molecule has 0 aromatic heterocycles. The molecule has 1 rings (SSSR count). The Bertz CT molecular complexity index is 368. The zero-order valence-corrected chi connectivity index (χ0v) is 11.2. The highest BCUT2D eigenvalue weighted by atomic mass is 32.2. The molecule has 0 fully saturated rings. The van der Waals surface area contributed by atoms with E-state index in [0.29, 0.717) is 12.4 Å². The van der Waals surface area contributed by atoms with Crippen molar-refractivity contribution in [2.75, 3.05) is 31.8 Å². The molecule has 0 saturated carbocycles. The molecule has 1 aromatic rings. The molecule has 100 valence electrons. The summed E-state index contributed by atoms with van der Waals surface area (Å²) in [5, 5.41) is 8.97. The zero-order chi connectivity index (χ0) is 13.2. The van der Waals surface area contributed by atoms with Crippen molar-refractivity contribution in [3.8, 4) is 5.75 Å². The van der Waals surface area contributed by atoms with Crippen LogP contribution in [0.25, 0.3) is 0 Å². The fourth-order valence-corrected chi connectivity index (χ4v) is 2.17. The summed E-state index contributed by atoms with van der Waals surface area (Å²) in [5.74, 6) is 1.44. The Morgan fingerprint density at radius 2 is 2.06 bits per heavy atom. The second-order valence-corrected chi connectivity index (χ2v) is 4.83. The molecule has 0 aliphatic heterocycles. The average Bonchev–Trinajstić information content (AvgIpc) is 2.38. The Hall–Kier alpha value is -1.20. The zero-order valence-electron chi connectivity index (χ0n) is 10.4. The fourth-order valence-electron chi connectivity index (χ4n) is 1.36. The molecule has 5 heteroatoms. The lowest BCUT2D eigenvalue weighted by molar-refractivity contribution is 0.0692. The third-order valence-electron chi connectivity index (χ3n) is 2.24. The highest BCUT2D eigenvalue weighted by Gasteiger charge is 2.09. The van der Waals surface area contributed by atoms with E-state index in [2.05, 4.69) is 0 Å². The molecule has 0 heterocycles. The number of para-hydroxylation sites is 1. The van der Waals surface area contributed by atoms with E-state index in [1.807, 2.05) is 0 Å². The van der Waals surface area contributed by atoms with Gasteiger partial charge in [0.25, 0.3) is 0 Å². The lowest BCUT2D eigenvalue weighted by atomic mass is 10.2. The first-order valence-corrected chi connectivity index (χ1v) is 6.93. The first-order chi connectivity index (χ1) is 8.75. The Morgan fingerprint density at radius 1 is 1.28 bits per heavy atom. The number of hydrogen-bond acceptors (Lipinski definition) is 4. The Balaban J connectivity index is 2.25. The SMILES string of the molecule is COCCSCCCOc1ccccc1C(=O)O. The summed E-state index contributed by atoms with van der Waals surface area (Å²) < 4.78 is 10.4. The molecule has 0 amide bonds. The molecule has 0 saturated heterocycles. The number of thioether (sulfide) groups is 1. The van der Waals surface area contributed by atoms with Gasteiger partial charge < -0.3 is 14.6 Å². The molecule has 18 heavy (non-hydrogen) atoms. The van der Waals surface area contributed by atoms with Gasteiger partial charge in [-0.2, -0.15) is 11.8 Å². The van der Waals surface area contributed by atoms with Crippen molar-refractivity contribution in [2.24, 2.45) is 0 Å². The number of carbonyl (C=O) groups is 1. The van der Waals surface area contributed by atoms with Crippen molar-refractivity contribution >= 4 is 17.7 Å². The lowest BCUT2D eigenvalue weighted by Gasteiger charge is -2.08. The molecule has 0 aliphatic rings. The number of ether oxygens (including phenoxy) is 2. The summed E-state index contributed by atoms with van der Waals surface area (Å²) in [6.45, 7) is 1.29. The predicted molar refractivity (Wildman–Crippen MR) is 72.7 cm³/mol. The van der Waals surface area contributed by atoms with Gasteiger partial charge in [0.1, 0.15) is 11.3 Å². The van der Waals surface area contributed by atoms with E-state index >= 15 is 0 Å². The molecule has 0 bridgehead atoms. The summed E-state index contributed by atoms with van der Waals surface area (Å²) in [6, 6.07) is 6.69. The number of benzene rings is 1. The van der Waals surface area contributed by atoms with Gasteiger partial charge in [-0.05, 0) is 24.3 Å². The average molecular weight is 270 g/mol. The van der Waals surface area contributed by atoms with Crippen molar-refractivity contribution in [1.82, 2.24) is 0 Å². The number of methoxy groups -OCH3 is 1. The van der Waals surface area contributed by atoms with Crippen molar-refractivity contribution < 1.29 is 19.4 Å². The molecule has 1 aromatic carbocycles.